The van der Waals surface area contributed by atoms with Crippen LogP contribution in [-0.4, -0.2) is 17.6 Å². The highest BCUT2D eigenvalue weighted by Crippen LogP contribution is 2.17. The molecular weight excluding hydrogens is 254 g/mol. The Bertz CT molecular complexity index is 693. The molecule has 0 aliphatic heterocycles. The highest BCUT2D eigenvalue weighted by atomic mass is 16.5. The normalized spacial score (nSPS) is 9.75. The van der Waals surface area contributed by atoms with Crippen molar-refractivity contribution in [1.82, 2.24) is 5.16 Å². The van der Waals surface area contributed by atoms with E-state index in [1.807, 2.05) is 19.1 Å². The summed E-state index contributed by atoms with van der Waals surface area (Å²) in [7, 11) is 0. The summed E-state index contributed by atoms with van der Waals surface area (Å²) in [5.74, 6) is 5.60. The van der Waals surface area contributed by atoms with Crippen LogP contribution in [0.25, 0.3) is 0 Å². The van der Waals surface area contributed by atoms with Crippen LogP contribution in [0, 0.1) is 25.7 Å². The number of nitrogens with two attached hydrogens (primary N) is 1. The summed E-state index contributed by atoms with van der Waals surface area (Å²) < 4.78 is 4.92. The van der Waals surface area contributed by atoms with Crippen molar-refractivity contribution in [3.8, 4) is 11.8 Å². The van der Waals surface area contributed by atoms with Gasteiger partial charge in [-0.2, -0.15) is 0 Å². The predicted molar refractivity (Wildman–Crippen MR) is 76.3 cm³/mol. The Kier molecular flexibility index (Phi) is 4.18. The zero-order valence-corrected chi connectivity index (χ0v) is 11.4. The van der Waals surface area contributed by atoms with Crippen molar-refractivity contribution in [2.45, 2.75) is 13.8 Å². The number of carbonyl (C=O) groups is 1. The molecule has 0 bridgehead atoms. The zero-order chi connectivity index (χ0) is 14.5. The Labute approximate surface area is 117 Å². The van der Waals surface area contributed by atoms with Gasteiger partial charge in [-0.1, -0.05) is 17.0 Å². The van der Waals surface area contributed by atoms with Crippen LogP contribution in [0.2, 0.25) is 0 Å². The van der Waals surface area contributed by atoms with E-state index < -0.39 is 0 Å². The third kappa shape index (κ3) is 3.25. The number of rotatable bonds is 2. The lowest BCUT2D eigenvalue weighted by Gasteiger charge is -2.06. The quantitative estimate of drug-likeness (QED) is 0.815. The van der Waals surface area contributed by atoms with E-state index in [1.165, 1.54) is 0 Å². The molecular formula is C15H15N3O2. The number of anilines is 1. The Morgan fingerprint density at radius 1 is 1.40 bits per heavy atom. The molecule has 0 spiro atoms. The average Bonchev–Trinajstić information content (AvgIpc) is 2.86. The monoisotopic (exact) mass is 269 g/mol. The van der Waals surface area contributed by atoms with Gasteiger partial charge < -0.3 is 15.6 Å². The highest BCUT2D eigenvalue weighted by Gasteiger charge is 2.12. The van der Waals surface area contributed by atoms with Crippen LogP contribution in [-0.2, 0) is 0 Å². The number of carbonyl (C=O) groups excluding carboxylic acids is 1. The maximum atomic E-state index is 11.9. The van der Waals surface area contributed by atoms with Crippen LogP contribution in [0.15, 0.2) is 28.8 Å². The zero-order valence-electron chi connectivity index (χ0n) is 11.4. The summed E-state index contributed by atoms with van der Waals surface area (Å²) in [6.07, 6.45) is 0. The summed E-state index contributed by atoms with van der Waals surface area (Å²) in [6.45, 7) is 3.98. The molecule has 1 amide bonds. The van der Waals surface area contributed by atoms with Crippen molar-refractivity contribution in [3.05, 3.63) is 46.8 Å². The summed E-state index contributed by atoms with van der Waals surface area (Å²) >= 11 is 0. The lowest BCUT2D eigenvalue weighted by molar-refractivity contribution is 0.0988. The third-order valence-corrected chi connectivity index (χ3v) is 2.66. The smallest absolute Gasteiger partial charge is 0.294 e. The molecule has 0 saturated carbocycles. The van der Waals surface area contributed by atoms with Crippen LogP contribution in [0.1, 0.15) is 27.4 Å². The molecule has 5 nitrogen and oxygen atoms in total. The maximum Gasteiger partial charge on any atom is 0.294 e. The topological polar surface area (TPSA) is 81.2 Å². The van der Waals surface area contributed by atoms with Gasteiger partial charge >= 0.3 is 0 Å². The second-order valence-electron chi connectivity index (χ2n) is 4.32. The highest BCUT2D eigenvalue weighted by molar-refractivity contribution is 6.02. The van der Waals surface area contributed by atoms with Crippen LogP contribution in [0.3, 0.4) is 0 Å². The lowest BCUT2D eigenvalue weighted by Crippen LogP contribution is -2.11. The van der Waals surface area contributed by atoms with Crippen molar-refractivity contribution >= 4 is 11.6 Å². The first-order valence-electron chi connectivity index (χ1n) is 6.14. The van der Waals surface area contributed by atoms with Gasteiger partial charge in [-0.25, -0.2) is 0 Å². The maximum absolute atomic E-state index is 11.9. The molecule has 1 aromatic heterocycles. The first kappa shape index (κ1) is 13.8. The molecule has 0 saturated heterocycles. The Morgan fingerprint density at radius 2 is 2.20 bits per heavy atom. The fourth-order valence-electron chi connectivity index (χ4n) is 1.69. The summed E-state index contributed by atoms with van der Waals surface area (Å²) in [5, 5.41) is 6.46. The van der Waals surface area contributed by atoms with Gasteiger partial charge in [-0.05, 0) is 37.6 Å². The summed E-state index contributed by atoms with van der Waals surface area (Å²) in [4.78, 5) is 11.9. The number of amides is 1. The summed E-state index contributed by atoms with van der Waals surface area (Å²) in [6, 6.07) is 7.11. The van der Waals surface area contributed by atoms with Gasteiger partial charge in [0.1, 0.15) is 0 Å². The number of nitrogens with zero attached hydrogens (tertiary/aromatic N) is 1. The number of benzene rings is 1. The predicted octanol–water partition coefficient (Wildman–Crippen LogP) is 1.85. The van der Waals surface area contributed by atoms with E-state index in [0.717, 1.165) is 11.1 Å². The molecule has 0 fully saturated rings. The number of aryl methyl sites for hydroxylation is 2. The van der Waals surface area contributed by atoms with E-state index in [-0.39, 0.29) is 11.7 Å². The Morgan fingerprint density at radius 3 is 2.80 bits per heavy atom. The van der Waals surface area contributed by atoms with E-state index in [2.05, 4.69) is 22.3 Å². The lowest BCUT2D eigenvalue weighted by atomic mass is 10.1. The van der Waals surface area contributed by atoms with Gasteiger partial charge in [0.05, 0.1) is 12.2 Å². The van der Waals surface area contributed by atoms with Crippen molar-refractivity contribution in [2.75, 3.05) is 11.9 Å². The van der Waals surface area contributed by atoms with Gasteiger partial charge in [0.25, 0.3) is 5.91 Å². The molecule has 0 atom stereocenters. The van der Waals surface area contributed by atoms with E-state index in [4.69, 9.17) is 10.3 Å². The van der Waals surface area contributed by atoms with Gasteiger partial charge in [0.2, 0.25) is 5.76 Å². The molecule has 0 aliphatic carbocycles. The largest absolute Gasteiger partial charge is 0.351 e. The molecule has 5 heteroatoms. The van der Waals surface area contributed by atoms with E-state index in [0.29, 0.717) is 17.9 Å². The second-order valence-corrected chi connectivity index (χ2v) is 4.32. The number of hydrogen-bond donors (Lipinski definition) is 2. The third-order valence-electron chi connectivity index (χ3n) is 2.66. The minimum atomic E-state index is -0.325. The van der Waals surface area contributed by atoms with E-state index >= 15 is 0 Å². The average molecular weight is 269 g/mol. The van der Waals surface area contributed by atoms with Crippen LogP contribution < -0.4 is 11.1 Å². The molecule has 3 N–H and O–H groups in total. The van der Waals surface area contributed by atoms with E-state index in [1.54, 1.807) is 19.1 Å². The van der Waals surface area contributed by atoms with Crippen molar-refractivity contribution < 1.29 is 9.32 Å². The van der Waals surface area contributed by atoms with E-state index in [9.17, 15) is 4.79 Å². The van der Waals surface area contributed by atoms with Crippen LogP contribution in [0.4, 0.5) is 5.69 Å². The molecule has 2 aromatic rings. The Balaban J connectivity index is 2.16. The van der Waals surface area contributed by atoms with Gasteiger partial charge in [-0.3, -0.25) is 4.79 Å². The standard InChI is InChI=1S/C15H15N3O2/c1-10-8-12(4-3-7-16)5-6-13(10)17-15(19)14-9-11(2)18-20-14/h5-6,8-9H,7,16H2,1-2H3,(H,17,19). The number of aromatic nitrogens is 1. The van der Waals surface area contributed by atoms with Gasteiger partial charge in [-0.15, -0.1) is 0 Å². The molecule has 0 radical (unpaired) electrons. The fraction of sp³-hybridized carbons (Fsp3) is 0.200. The fourth-order valence-corrected chi connectivity index (χ4v) is 1.69. The van der Waals surface area contributed by atoms with Crippen molar-refractivity contribution in [2.24, 2.45) is 5.73 Å². The number of nitrogens with one attached hydrogen (secondary N) is 1. The summed E-state index contributed by atoms with van der Waals surface area (Å²) in [5.41, 5.74) is 8.48. The van der Waals surface area contributed by atoms with Crippen molar-refractivity contribution in [1.29, 1.82) is 0 Å². The minimum absolute atomic E-state index is 0.189. The van der Waals surface area contributed by atoms with Gasteiger partial charge in [0, 0.05) is 17.3 Å². The molecule has 1 heterocycles. The van der Waals surface area contributed by atoms with Gasteiger partial charge in [0.15, 0.2) is 0 Å². The van der Waals surface area contributed by atoms with Crippen LogP contribution >= 0.6 is 0 Å². The first-order chi connectivity index (χ1) is 9.60. The van der Waals surface area contributed by atoms with Crippen LogP contribution in [0.5, 0.6) is 0 Å². The minimum Gasteiger partial charge on any atom is -0.351 e. The molecule has 2 rings (SSSR count). The Hall–Kier alpha value is -2.58. The molecule has 0 aliphatic rings. The molecule has 102 valence electrons. The van der Waals surface area contributed by atoms with Crippen molar-refractivity contribution in [3.63, 3.8) is 0 Å². The molecule has 0 unspecified atom stereocenters. The first-order valence-corrected chi connectivity index (χ1v) is 6.14. The second kappa shape index (κ2) is 6.04. The SMILES string of the molecule is Cc1cc(C(=O)Nc2ccc(C#CCN)cc2C)on1. The number of hydrogen-bond acceptors (Lipinski definition) is 4. The molecule has 20 heavy (non-hydrogen) atoms. The molecule has 1 aromatic carbocycles.